The first kappa shape index (κ1) is 22.4. The van der Waals surface area contributed by atoms with E-state index in [0.717, 1.165) is 17.0 Å². The molecule has 0 bridgehead atoms. The Balaban J connectivity index is 1.79. The fourth-order valence-corrected chi connectivity index (χ4v) is 6.99. The molecule has 0 fully saturated rings. The van der Waals surface area contributed by atoms with Gasteiger partial charge in [0.05, 0.1) is 11.8 Å². The van der Waals surface area contributed by atoms with Crippen molar-refractivity contribution in [3.05, 3.63) is 108 Å². The van der Waals surface area contributed by atoms with Gasteiger partial charge in [0.15, 0.2) is 5.75 Å². The Kier molecular flexibility index (Phi) is 6.26. The Bertz CT molecular complexity index is 1380. The van der Waals surface area contributed by atoms with Gasteiger partial charge in [-0.05, 0) is 68.7 Å². The average Bonchev–Trinajstić information content (AvgIpc) is 3.21. The Morgan fingerprint density at radius 2 is 1.29 bits per heavy atom. The lowest BCUT2D eigenvalue weighted by Gasteiger charge is -2.22. The zero-order valence-electron chi connectivity index (χ0n) is 20.2. The number of ether oxygens (including phenoxy) is 1. The van der Waals surface area contributed by atoms with Crippen LogP contribution in [-0.4, -0.2) is 11.1 Å². The van der Waals surface area contributed by atoms with Crippen LogP contribution < -0.4 is 20.7 Å². The van der Waals surface area contributed by atoms with Gasteiger partial charge in [0.2, 0.25) is 0 Å². The van der Waals surface area contributed by atoms with Gasteiger partial charge in [0.1, 0.15) is 0 Å². The van der Waals surface area contributed by atoms with Crippen molar-refractivity contribution in [1.29, 1.82) is 0 Å². The SMILES string of the molecule is Cc1ccc2[nH]c(-c3ccccc3P(c3ccccc3)c3ccccc3)c(OC(C)C)c2c1C. The van der Waals surface area contributed by atoms with E-state index < -0.39 is 7.92 Å². The molecule has 1 N–H and O–H groups in total. The molecule has 0 unspecified atom stereocenters. The molecule has 5 rings (SSSR count). The zero-order chi connectivity index (χ0) is 23.7. The van der Waals surface area contributed by atoms with Crippen LogP contribution in [0, 0.1) is 13.8 Å². The van der Waals surface area contributed by atoms with Gasteiger partial charge in [-0.3, -0.25) is 0 Å². The smallest absolute Gasteiger partial charge is 0.153 e. The first-order chi connectivity index (χ1) is 16.5. The van der Waals surface area contributed by atoms with E-state index in [4.69, 9.17) is 4.74 Å². The van der Waals surface area contributed by atoms with Crippen molar-refractivity contribution in [1.82, 2.24) is 4.98 Å². The standard InChI is InChI=1S/C31H30NOP/c1-21(2)33-31-29-23(4)22(3)19-20-27(29)32-30(31)26-17-11-12-18-28(26)34(24-13-7-5-8-14-24)25-15-9-6-10-16-25/h5-21,32H,1-4H3. The molecule has 170 valence electrons. The van der Waals surface area contributed by atoms with Crippen molar-refractivity contribution >= 4 is 34.7 Å². The van der Waals surface area contributed by atoms with Crippen LogP contribution in [0.5, 0.6) is 5.75 Å². The van der Waals surface area contributed by atoms with Crippen LogP contribution in [0.4, 0.5) is 0 Å². The molecule has 1 aromatic heterocycles. The fraction of sp³-hybridized carbons (Fsp3) is 0.161. The maximum Gasteiger partial charge on any atom is 0.153 e. The molecule has 0 atom stereocenters. The van der Waals surface area contributed by atoms with Gasteiger partial charge in [0.25, 0.3) is 0 Å². The van der Waals surface area contributed by atoms with E-state index in [-0.39, 0.29) is 6.10 Å². The van der Waals surface area contributed by atoms with Gasteiger partial charge in [-0.1, -0.05) is 91.0 Å². The van der Waals surface area contributed by atoms with Gasteiger partial charge in [0, 0.05) is 16.5 Å². The summed E-state index contributed by atoms with van der Waals surface area (Å²) in [5.41, 5.74) is 5.92. The third-order valence-electron chi connectivity index (χ3n) is 6.25. The Morgan fingerprint density at radius 3 is 1.91 bits per heavy atom. The van der Waals surface area contributed by atoms with Crippen LogP contribution in [-0.2, 0) is 0 Å². The lowest BCUT2D eigenvalue weighted by Crippen LogP contribution is -2.22. The molecule has 4 aromatic carbocycles. The maximum atomic E-state index is 6.51. The second kappa shape index (κ2) is 9.49. The van der Waals surface area contributed by atoms with Crippen molar-refractivity contribution in [3.63, 3.8) is 0 Å². The summed E-state index contributed by atoms with van der Waals surface area (Å²) in [6.45, 7) is 8.55. The summed E-state index contributed by atoms with van der Waals surface area (Å²) >= 11 is 0. The van der Waals surface area contributed by atoms with E-state index in [9.17, 15) is 0 Å². The van der Waals surface area contributed by atoms with E-state index in [2.05, 4.69) is 130 Å². The number of aryl methyl sites for hydroxylation is 2. The highest BCUT2D eigenvalue weighted by molar-refractivity contribution is 7.80. The molecule has 3 heteroatoms. The largest absolute Gasteiger partial charge is 0.488 e. The normalized spacial score (nSPS) is 11.5. The minimum atomic E-state index is -0.742. The summed E-state index contributed by atoms with van der Waals surface area (Å²) < 4.78 is 6.51. The van der Waals surface area contributed by atoms with Crippen molar-refractivity contribution in [2.24, 2.45) is 0 Å². The summed E-state index contributed by atoms with van der Waals surface area (Å²) in [5.74, 6) is 0.953. The van der Waals surface area contributed by atoms with Crippen molar-refractivity contribution in [3.8, 4) is 17.0 Å². The first-order valence-electron chi connectivity index (χ1n) is 11.8. The summed E-state index contributed by atoms with van der Waals surface area (Å²) in [6, 6.07) is 34.9. The highest BCUT2D eigenvalue weighted by Crippen LogP contribution is 2.43. The van der Waals surface area contributed by atoms with E-state index in [1.54, 1.807) is 0 Å². The average molecular weight is 464 g/mol. The first-order valence-corrected chi connectivity index (χ1v) is 13.2. The molecule has 0 radical (unpaired) electrons. The highest BCUT2D eigenvalue weighted by atomic mass is 31.1. The zero-order valence-corrected chi connectivity index (χ0v) is 21.1. The molecule has 0 amide bonds. The summed E-state index contributed by atoms with van der Waals surface area (Å²) in [4.78, 5) is 3.74. The lowest BCUT2D eigenvalue weighted by atomic mass is 10.0. The molecule has 34 heavy (non-hydrogen) atoms. The second-order valence-electron chi connectivity index (χ2n) is 8.95. The minimum Gasteiger partial charge on any atom is -0.488 e. The molecule has 0 saturated heterocycles. The third kappa shape index (κ3) is 4.15. The van der Waals surface area contributed by atoms with E-state index in [0.29, 0.717) is 0 Å². The molecule has 0 aliphatic rings. The molecule has 0 saturated carbocycles. The molecule has 5 aromatic rings. The summed E-state index contributed by atoms with van der Waals surface area (Å²) in [6.07, 6.45) is 0.0783. The number of benzene rings is 4. The van der Waals surface area contributed by atoms with E-state index >= 15 is 0 Å². The number of hydrogen-bond acceptors (Lipinski definition) is 1. The van der Waals surface area contributed by atoms with Crippen LogP contribution in [0.2, 0.25) is 0 Å². The Labute approximate surface area is 203 Å². The van der Waals surface area contributed by atoms with Crippen molar-refractivity contribution in [2.75, 3.05) is 0 Å². The molecular weight excluding hydrogens is 433 g/mol. The summed E-state index contributed by atoms with van der Waals surface area (Å²) in [7, 11) is -0.742. The topological polar surface area (TPSA) is 25.0 Å². The minimum absolute atomic E-state index is 0.0783. The number of aromatic amines is 1. The predicted molar refractivity (Wildman–Crippen MR) is 148 cm³/mol. The highest BCUT2D eigenvalue weighted by Gasteiger charge is 2.24. The molecule has 0 aliphatic heterocycles. The van der Waals surface area contributed by atoms with Gasteiger partial charge in [-0.15, -0.1) is 0 Å². The molecule has 0 aliphatic carbocycles. The Hall–Kier alpha value is -3.35. The molecule has 1 heterocycles. The van der Waals surface area contributed by atoms with Crippen LogP contribution in [0.25, 0.3) is 22.2 Å². The van der Waals surface area contributed by atoms with Crippen LogP contribution in [0.1, 0.15) is 25.0 Å². The number of H-pyrrole nitrogens is 1. The third-order valence-corrected chi connectivity index (χ3v) is 8.75. The Morgan fingerprint density at radius 1 is 0.706 bits per heavy atom. The number of hydrogen-bond donors (Lipinski definition) is 1. The van der Waals surface area contributed by atoms with Gasteiger partial charge in [-0.25, -0.2) is 0 Å². The van der Waals surface area contributed by atoms with Crippen LogP contribution in [0.15, 0.2) is 97.1 Å². The monoisotopic (exact) mass is 463 g/mol. The number of fused-ring (bicyclic) bond motifs is 1. The number of rotatable bonds is 6. The summed E-state index contributed by atoms with van der Waals surface area (Å²) in [5, 5.41) is 5.18. The molecule has 0 spiro atoms. The van der Waals surface area contributed by atoms with E-state index in [1.807, 2.05) is 0 Å². The van der Waals surface area contributed by atoms with Gasteiger partial charge >= 0.3 is 0 Å². The van der Waals surface area contributed by atoms with Crippen molar-refractivity contribution < 1.29 is 4.74 Å². The van der Waals surface area contributed by atoms with Crippen LogP contribution >= 0.6 is 7.92 Å². The van der Waals surface area contributed by atoms with Gasteiger partial charge < -0.3 is 9.72 Å². The maximum absolute atomic E-state index is 6.51. The van der Waals surface area contributed by atoms with E-state index in [1.165, 1.54) is 38.0 Å². The molecule has 2 nitrogen and oxygen atoms in total. The number of aromatic nitrogens is 1. The van der Waals surface area contributed by atoms with Crippen molar-refractivity contribution in [2.45, 2.75) is 33.8 Å². The quantitative estimate of drug-likeness (QED) is 0.270. The fourth-order valence-electron chi connectivity index (χ4n) is 4.53. The second-order valence-corrected chi connectivity index (χ2v) is 11.1. The van der Waals surface area contributed by atoms with Gasteiger partial charge in [-0.2, -0.15) is 0 Å². The lowest BCUT2D eigenvalue weighted by molar-refractivity contribution is 0.246. The molecular formula is C31H30NOP. The predicted octanol–water partition coefficient (Wildman–Crippen LogP) is 7.00. The van der Waals surface area contributed by atoms with Crippen LogP contribution in [0.3, 0.4) is 0 Å². The number of nitrogens with one attached hydrogen (secondary N) is 1.